The van der Waals surface area contributed by atoms with Crippen molar-refractivity contribution in [3.8, 4) is 6.07 Å². The molecule has 166 valence electrons. The Hall–Kier alpha value is -2.15. The highest BCUT2D eigenvalue weighted by molar-refractivity contribution is 8.01. The van der Waals surface area contributed by atoms with Gasteiger partial charge in [0.1, 0.15) is 5.82 Å². The lowest BCUT2D eigenvalue weighted by atomic mass is 9.78. The summed E-state index contributed by atoms with van der Waals surface area (Å²) in [5.74, 6) is 0.0998. The first-order valence-electron chi connectivity index (χ1n) is 11.1. The molecule has 2 N–H and O–H groups in total. The van der Waals surface area contributed by atoms with E-state index in [-0.39, 0.29) is 11.7 Å². The van der Waals surface area contributed by atoms with E-state index in [0.29, 0.717) is 33.8 Å². The van der Waals surface area contributed by atoms with E-state index in [1.807, 2.05) is 23.3 Å². The van der Waals surface area contributed by atoms with Gasteiger partial charge in [-0.2, -0.15) is 5.26 Å². The van der Waals surface area contributed by atoms with Crippen LogP contribution in [0.4, 0.5) is 5.13 Å². The van der Waals surface area contributed by atoms with Crippen molar-refractivity contribution in [1.82, 2.24) is 10.2 Å². The molecule has 0 amide bonds. The van der Waals surface area contributed by atoms with Crippen LogP contribution in [0.5, 0.6) is 0 Å². The van der Waals surface area contributed by atoms with Gasteiger partial charge in [-0.25, -0.2) is 0 Å². The Morgan fingerprint density at radius 2 is 2.03 bits per heavy atom. The summed E-state index contributed by atoms with van der Waals surface area (Å²) in [7, 11) is 0. The molecule has 1 unspecified atom stereocenters. The van der Waals surface area contributed by atoms with Gasteiger partial charge in [0, 0.05) is 27.8 Å². The number of ketones is 1. The molecule has 5 rings (SSSR count). The zero-order valence-electron chi connectivity index (χ0n) is 18.0. The summed E-state index contributed by atoms with van der Waals surface area (Å²) in [5.41, 5.74) is 9.75. The minimum atomic E-state index is -0.386. The molecule has 6 nitrogen and oxygen atoms in total. The number of hydrogen-bond acceptors (Lipinski definition) is 9. The summed E-state index contributed by atoms with van der Waals surface area (Å²) in [5, 5.41) is 22.2. The Morgan fingerprint density at radius 3 is 2.75 bits per heavy atom. The average Bonchev–Trinajstić information content (AvgIpc) is 3.42. The van der Waals surface area contributed by atoms with Crippen molar-refractivity contribution in [3.05, 3.63) is 44.6 Å². The largest absolute Gasteiger partial charge is 0.384 e. The first kappa shape index (κ1) is 21.7. The number of thioether (sulfide) groups is 1. The number of aryl methyl sites for hydroxylation is 1. The Balaban J connectivity index is 1.56. The van der Waals surface area contributed by atoms with Gasteiger partial charge in [-0.05, 0) is 49.6 Å². The maximum atomic E-state index is 13.2. The first-order valence-corrected chi connectivity index (χ1v) is 13.7. The molecule has 3 aliphatic rings. The van der Waals surface area contributed by atoms with Crippen LogP contribution >= 0.6 is 34.4 Å². The number of thiophene rings is 1. The molecular weight excluding hydrogens is 458 g/mol. The molecule has 9 heteroatoms. The number of nitrogens with zero attached hydrogens (tertiary/aromatic N) is 4. The monoisotopic (exact) mass is 483 g/mol. The van der Waals surface area contributed by atoms with Crippen molar-refractivity contribution in [2.45, 2.75) is 73.8 Å². The Labute approximate surface area is 200 Å². The van der Waals surface area contributed by atoms with Crippen LogP contribution in [0, 0.1) is 18.3 Å². The van der Waals surface area contributed by atoms with Gasteiger partial charge in [0.05, 0.1) is 17.6 Å². The third kappa shape index (κ3) is 3.78. The van der Waals surface area contributed by atoms with Crippen LogP contribution in [0.2, 0.25) is 0 Å². The van der Waals surface area contributed by atoms with Crippen molar-refractivity contribution < 1.29 is 4.79 Å². The van der Waals surface area contributed by atoms with E-state index in [2.05, 4.69) is 16.3 Å². The molecule has 32 heavy (non-hydrogen) atoms. The van der Waals surface area contributed by atoms with E-state index < -0.39 is 0 Å². The Morgan fingerprint density at radius 1 is 1.22 bits per heavy atom. The van der Waals surface area contributed by atoms with Crippen LogP contribution in [0.25, 0.3) is 0 Å². The van der Waals surface area contributed by atoms with Crippen LogP contribution in [0.1, 0.15) is 67.7 Å². The minimum absolute atomic E-state index is 0.107. The highest BCUT2D eigenvalue weighted by Crippen LogP contribution is 2.49. The normalized spacial score (nSPS) is 22.3. The molecule has 2 aromatic rings. The van der Waals surface area contributed by atoms with Crippen molar-refractivity contribution in [2.24, 2.45) is 5.73 Å². The van der Waals surface area contributed by atoms with Gasteiger partial charge in [-0.1, -0.05) is 42.4 Å². The molecule has 0 radical (unpaired) electrons. The molecule has 1 saturated carbocycles. The molecule has 2 aromatic heterocycles. The highest BCUT2D eigenvalue weighted by atomic mass is 32.2. The summed E-state index contributed by atoms with van der Waals surface area (Å²) in [6, 6.07) is 4.36. The van der Waals surface area contributed by atoms with E-state index in [4.69, 9.17) is 5.73 Å². The molecule has 1 fully saturated rings. The SMILES string of the molecule is Cc1ccsc1C1C(C#N)=C(N)N(c2nnc(SC3CCCCC3)s2)C2=C1C(=O)CCC2. The second-order valence-electron chi connectivity index (χ2n) is 8.51. The van der Waals surface area contributed by atoms with Gasteiger partial charge >= 0.3 is 0 Å². The molecule has 0 spiro atoms. The number of Topliss-reactive ketones (excluding diaryl/α,β-unsaturated/α-hetero) is 1. The number of rotatable bonds is 4. The fourth-order valence-corrected chi connectivity index (χ4v) is 8.34. The van der Waals surface area contributed by atoms with E-state index in [1.54, 1.807) is 23.1 Å². The molecule has 0 aromatic carbocycles. The Kier molecular flexibility index (Phi) is 6.10. The van der Waals surface area contributed by atoms with Crippen LogP contribution in [0.15, 0.2) is 38.5 Å². The second kappa shape index (κ2) is 9.00. The fourth-order valence-electron chi connectivity index (χ4n) is 4.91. The van der Waals surface area contributed by atoms with Crippen LogP contribution in [-0.2, 0) is 4.79 Å². The van der Waals surface area contributed by atoms with E-state index in [9.17, 15) is 10.1 Å². The average molecular weight is 484 g/mol. The Bertz CT molecular complexity index is 1150. The lowest BCUT2D eigenvalue weighted by molar-refractivity contribution is -0.116. The van der Waals surface area contributed by atoms with E-state index in [0.717, 1.165) is 33.3 Å². The van der Waals surface area contributed by atoms with E-state index in [1.165, 1.54) is 43.4 Å². The topological polar surface area (TPSA) is 95.9 Å². The molecule has 3 heterocycles. The van der Waals surface area contributed by atoms with Crippen molar-refractivity contribution >= 4 is 45.4 Å². The summed E-state index contributed by atoms with van der Waals surface area (Å²) in [4.78, 5) is 16.0. The van der Waals surface area contributed by atoms with Crippen LogP contribution < -0.4 is 10.6 Å². The number of allylic oxidation sites excluding steroid dienone is 3. The van der Waals surface area contributed by atoms with Crippen LogP contribution in [0.3, 0.4) is 0 Å². The van der Waals surface area contributed by atoms with E-state index >= 15 is 0 Å². The summed E-state index contributed by atoms with van der Waals surface area (Å²) >= 11 is 4.89. The number of nitrogens with two attached hydrogens (primary N) is 1. The minimum Gasteiger partial charge on any atom is -0.384 e. The van der Waals surface area contributed by atoms with Crippen molar-refractivity contribution in [1.29, 1.82) is 5.26 Å². The second-order valence-corrected chi connectivity index (χ2v) is 12.0. The van der Waals surface area contributed by atoms with Gasteiger partial charge in [-0.3, -0.25) is 9.69 Å². The van der Waals surface area contributed by atoms with Crippen molar-refractivity contribution in [3.63, 3.8) is 0 Å². The summed E-state index contributed by atoms with van der Waals surface area (Å²) in [6.45, 7) is 2.02. The predicted molar refractivity (Wildman–Crippen MR) is 130 cm³/mol. The van der Waals surface area contributed by atoms with Gasteiger partial charge in [0.2, 0.25) is 5.13 Å². The van der Waals surface area contributed by atoms with Gasteiger partial charge in [0.15, 0.2) is 10.1 Å². The lowest BCUT2D eigenvalue weighted by Gasteiger charge is -2.37. The third-order valence-electron chi connectivity index (χ3n) is 6.48. The molecule has 1 aliphatic heterocycles. The molecule has 2 aliphatic carbocycles. The van der Waals surface area contributed by atoms with Crippen molar-refractivity contribution in [2.75, 3.05) is 4.90 Å². The smallest absolute Gasteiger partial charge is 0.219 e. The molecule has 1 atom stereocenters. The first-order chi connectivity index (χ1) is 15.6. The standard InChI is InChI=1S/C23H25N5OS3/c1-13-10-11-30-20(13)18-15(12-24)21(25)28(16-8-5-9-17(29)19(16)18)22-26-27-23(32-22)31-14-6-3-2-4-7-14/h10-11,14,18H,2-9,25H2,1H3. The maximum Gasteiger partial charge on any atom is 0.219 e. The fraction of sp³-hybridized carbons (Fsp3) is 0.478. The molecule has 0 saturated heterocycles. The number of aromatic nitrogens is 2. The maximum absolute atomic E-state index is 13.2. The molecule has 0 bridgehead atoms. The number of carbonyl (C=O) groups is 1. The quantitative estimate of drug-likeness (QED) is 0.601. The number of carbonyl (C=O) groups excluding carboxylic acids is 1. The van der Waals surface area contributed by atoms with Gasteiger partial charge < -0.3 is 5.73 Å². The predicted octanol–water partition coefficient (Wildman–Crippen LogP) is 5.64. The zero-order chi connectivity index (χ0) is 22.2. The number of anilines is 1. The third-order valence-corrected chi connectivity index (χ3v) is 9.90. The lowest BCUT2D eigenvalue weighted by Crippen LogP contribution is -2.38. The summed E-state index contributed by atoms with van der Waals surface area (Å²) < 4.78 is 0.929. The molecular formula is C23H25N5OS3. The number of hydrogen-bond donors (Lipinski definition) is 1. The van der Waals surface area contributed by atoms with Crippen LogP contribution in [-0.4, -0.2) is 21.2 Å². The zero-order valence-corrected chi connectivity index (χ0v) is 20.4. The number of nitriles is 1. The summed E-state index contributed by atoms with van der Waals surface area (Å²) in [6.07, 6.45) is 8.34. The van der Waals surface area contributed by atoms with Gasteiger partial charge in [0.25, 0.3) is 0 Å². The highest BCUT2D eigenvalue weighted by Gasteiger charge is 2.42. The van der Waals surface area contributed by atoms with Gasteiger partial charge in [-0.15, -0.1) is 21.5 Å².